The monoisotopic (exact) mass is 830 g/mol. The van der Waals surface area contributed by atoms with Crippen LogP contribution in [0, 0.1) is 6.92 Å². The summed E-state index contributed by atoms with van der Waals surface area (Å²) in [4.78, 5) is 96.6. The maximum Gasteiger partial charge on any atom is 0.266 e. The Balaban J connectivity index is 0.739. The van der Waals surface area contributed by atoms with Crippen LogP contribution in [0.15, 0.2) is 47.5 Å². The molecule has 15 nitrogen and oxygen atoms in total. The molecule has 2 saturated heterocycles. The molecule has 1 unspecified atom stereocenters. The first kappa shape index (κ1) is 41.9. The van der Waals surface area contributed by atoms with Crippen LogP contribution in [0.2, 0.25) is 0 Å². The van der Waals surface area contributed by atoms with Crippen LogP contribution in [0.1, 0.15) is 138 Å². The summed E-state index contributed by atoms with van der Waals surface area (Å²) in [7, 11) is 0. The quantitative estimate of drug-likeness (QED) is 0.0872. The number of fused-ring (bicyclic) bond motifs is 2. The summed E-state index contributed by atoms with van der Waals surface area (Å²) in [6.07, 6.45) is 14.6. The van der Waals surface area contributed by atoms with E-state index in [1.807, 2.05) is 19.2 Å². The van der Waals surface area contributed by atoms with Gasteiger partial charge in [0.25, 0.3) is 17.4 Å². The van der Waals surface area contributed by atoms with E-state index in [0.717, 1.165) is 119 Å². The molecule has 8 rings (SSSR count). The van der Waals surface area contributed by atoms with Crippen LogP contribution in [0.25, 0.3) is 11.0 Å². The molecule has 3 aliphatic heterocycles. The summed E-state index contributed by atoms with van der Waals surface area (Å²) in [6.45, 7) is 8.64. The van der Waals surface area contributed by atoms with Crippen molar-refractivity contribution in [3.63, 3.8) is 0 Å². The van der Waals surface area contributed by atoms with Gasteiger partial charge in [-0.1, -0.05) is 44.6 Å². The molecule has 1 saturated carbocycles. The van der Waals surface area contributed by atoms with Gasteiger partial charge in [-0.2, -0.15) is 0 Å². The van der Waals surface area contributed by atoms with E-state index in [-0.39, 0.29) is 46.9 Å². The summed E-state index contributed by atoms with van der Waals surface area (Å²) in [5, 5.41) is 2.97. The van der Waals surface area contributed by atoms with E-state index < -0.39 is 29.7 Å². The fourth-order valence-electron chi connectivity index (χ4n) is 9.40. The highest BCUT2D eigenvalue weighted by Gasteiger charge is 2.46. The van der Waals surface area contributed by atoms with E-state index in [0.29, 0.717) is 35.8 Å². The number of carbonyl (C=O) groups is 5. The van der Waals surface area contributed by atoms with E-state index in [9.17, 15) is 28.8 Å². The minimum atomic E-state index is -1.00. The third-order valence-corrected chi connectivity index (χ3v) is 12.7. The second-order valence-corrected chi connectivity index (χ2v) is 16.8. The van der Waals surface area contributed by atoms with Crippen LogP contribution in [0.4, 0.5) is 5.69 Å². The highest BCUT2D eigenvalue weighted by molar-refractivity contribution is 6.24. The van der Waals surface area contributed by atoms with Crippen molar-refractivity contribution in [3.8, 4) is 5.75 Å². The van der Waals surface area contributed by atoms with Gasteiger partial charge in [-0.25, -0.2) is 9.97 Å². The van der Waals surface area contributed by atoms with Crippen molar-refractivity contribution in [2.75, 3.05) is 44.2 Å². The summed E-state index contributed by atoms with van der Waals surface area (Å²) in [5.41, 5.74) is 3.61. The number of unbranched alkanes of at least 4 members (excludes halogenated alkanes) is 5. The lowest BCUT2D eigenvalue weighted by Crippen LogP contribution is -2.54. The zero-order chi connectivity index (χ0) is 42.6. The van der Waals surface area contributed by atoms with Gasteiger partial charge in [0.2, 0.25) is 11.8 Å². The van der Waals surface area contributed by atoms with Crippen molar-refractivity contribution in [3.05, 3.63) is 86.9 Å². The second kappa shape index (κ2) is 18.4. The number of amides is 4. The lowest BCUT2D eigenvalue weighted by molar-refractivity contribution is -0.136. The van der Waals surface area contributed by atoms with Gasteiger partial charge in [-0.15, -0.1) is 0 Å². The predicted molar refractivity (Wildman–Crippen MR) is 228 cm³/mol. The highest BCUT2D eigenvalue weighted by atomic mass is 16.5. The number of carbonyl (C=O) groups excluding carboxylic acids is 5. The summed E-state index contributed by atoms with van der Waals surface area (Å²) in [5.74, 6) is -1.40. The molecule has 0 radical (unpaired) electrons. The number of ether oxygens (including phenoxy) is 1. The third kappa shape index (κ3) is 8.84. The van der Waals surface area contributed by atoms with Crippen LogP contribution < -0.4 is 20.5 Å². The van der Waals surface area contributed by atoms with Crippen LogP contribution in [0.3, 0.4) is 0 Å². The van der Waals surface area contributed by atoms with Crippen LogP contribution in [0.5, 0.6) is 5.75 Å². The number of piperidine rings is 1. The van der Waals surface area contributed by atoms with Gasteiger partial charge in [-0.05, 0) is 82.3 Å². The first-order valence-electron chi connectivity index (χ1n) is 21.9. The number of benzene rings is 1. The number of hydrogen-bond donors (Lipinski definition) is 1. The van der Waals surface area contributed by atoms with E-state index in [1.54, 1.807) is 29.0 Å². The Hall–Kier alpha value is -5.83. The maximum atomic E-state index is 13.6. The molecule has 61 heavy (non-hydrogen) atoms. The first-order valence-corrected chi connectivity index (χ1v) is 21.9. The number of aryl methyl sites for hydroxylation is 1. The van der Waals surface area contributed by atoms with Crippen molar-refractivity contribution in [2.45, 2.75) is 109 Å². The Kier molecular flexibility index (Phi) is 12.7. The van der Waals surface area contributed by atoms with Crippen molar-refractivity contribution in [2.24, 2.45) is 0 Å². The topological polar surface area (TPSA) is 177 Å². The second-order valence-electron chi connectivity index (χ2n) is 16.8. The molecule has 1 N–H and O–H groups in total. The smallest absolute Gasteiger partial charge is 0.266 e. The fraction of sp³-hybridized carbons (Fsp3) is 0.500. The Bertz CT molecular complexity index is 2400. The number of anilines is 1. The molecule has 6 heterocycles. The molecule has 3 fully saturated rings. The summed E-state index contributed by atoms with van der Waals surface area (Å²) in [6, 6.07) is 8.12. The number of aromatic nitrogens is 4. The summed E-state index contributed by atoms with van der Waals surface area (Å²) < 4.78 is 7.73. The zero-order valence-electron chi connectivity index (χ0n) is 35.1. The Morgan fingerprint density at radius 2 is 1.61 bits per heavy atom. The van der Waals surface area contributed by atoms with E-state index in [2.05, 4.69) is 26.2 Å². The average molecular weight is 831 g/mol. The van der Waals surface area contributed by atoms with Crippen molar-refractivity contribution in [1.82, 2.24) is 34.6 Å². The van der Waals surface area contributed by atoms with Crippen molar-refractivity contribution >= 4 is 46.1 Å². The van der Waals surface area contributed by atoms with E-state index >= 15 is 0 Å². The number of Topliss-reactive ketones (excluding diaryl/α,β-unsaturated/α-hetero) is 1. The lowest BCUT2D eigenvalue weighted by atomic mass is 10.0. The third-order valence-electron chi connectivity index (χ3n) is 12.7. The number of hydrogen-bond acceptors (Lipinski definition) is 12. The minimum absolute atomic E-state index is 0.0401. The van der Waals surface area contributed by atoms with Gasteiger partial charge in [0.1, 0.15) is 23.3 Å². The molecule has 1 atom stereocenters. The molecule has 3 aromatic heterocycles. The molecule has 0 bridgehead atoms. The zero-order valence-corrected chi connectivity index (χ0v) is 35.1. The van der Waals surface area contributed by atoms with Crippen molar-refractivity contribution in [1.29, 1.82) is 0 Å². The number of pyridine rings is 2. The number of piperazine rings is 1. The van der Waals surface area contributed by atoms with Gasteiger partial charge >= 0.3 is 0 Å². The number of nitrogens with zero attached hydrogens (tertiary/aromatic N) is 7. The Morgan fingerprint density at radius 3 is 2.33 bits per heavy atom. The number of rotatable bonds is 16. The molecule has 0 spiro atoms. The first-order chi connectivity index (χ1) is 29.6. The SMILES string of the molecule is CC(=O)c1c(C)c2cnc(Cc3ccc(N4CCN(CCCCCCCCOc5cccc6c5C(=O)N(C5CCC(=O)NC5=O)C6=O)CC4)cn3)nc2n(C2CCCC2)c1=O. The fourth-order valence-corrected chi connectivity index (χ4v) is 9.40. The van der Waals surface area contributed by atoms with E-state index in [1.165, 1.54) is 6.92 Å². The van der Waals surface area contributed by atoms with E-state index in [4.69, 9.17) is 14.7 Å². The Morgan fingerprint density at radius 1 is 0.852 bits per heavy atom. The van der Waals surface area contributed by atoms with Gasteiger partial charge in [0.05, 0.1) is 41.6 Å². The standard InChI is InChI=1S/C46H54N8O7/c1-29-35-28-48-38(49-42(35)53(32-12-7-8-13-32)45(59)40(29)30(2)55)26-31-16-17-33(27-47-31)52-23-21-51(22-24-52)20-9-5-3-4-6-10-25-61-37-15-11-14-34-41(37)46(60)54(44(34)58)36-18-19-39(56)50-43(36)57/h11,14-17,27-28,32,36H,3-10,12-13,18-26H2,1-2H3,(H,50,56,57). The molecule has 4 aliphatic rings. The molecule has 1 aromatic carbocycles. The van der Waals surface area contributed by atoms with Gasteiger partial charge in [0, 0.05) is 55.9 Å². The molecule has 4 amide bonds. The predicted octanol–water partition coefficient (Wildman–Crippen LogP) is 5.35. The average Bonchev–Trinajstić information content (AvgIpc) is 3.87. The van der Waals surface area contributed by atoms with Gasteiger partial charge in [0.15, 0.2) is 5.78 Å². The van der Waals surface area contributed by atoms with Crippen LogP contribution in [-0.2, 0) is 16.0 Å². The van der Waals surface area contributed by atoms with Crippen LogP contribution >= 0.6 is 0 Å². The maximum absolute atomic E-state index is 13.6. The molecule has 320 valence electrons. The van der Waals surface area contributed by atoms with Crippen molar-refractivity contribution < 1.29 is 28.7 Å². The molecule has 1 aliphatic carbocycles. The molecular weight excluding hydrogens is 777 g/mol. The number of nitrogens with one attached hydrogen (secondary N) is 1. The Labute approximate surface area is 354 Å². The molecule has 15 heteroatoms. The van der Waals surface area contributed by atoms with Gasteiger partial charge in [-0.3, -0.25) is 53.4 Å². The van der Waals surface area contributed by atoms with Crippen LogP contribution in [-0.4, -0.2) is 104 Å². The minimum Gasteiger partial charge on any atom is -0.493 e. The van der Waals surface area contributed by atoms with Gasteiger partial charge < -0.3 is 9.64 Å². The number of ketones is 1. The molecule has 4 aromatic rings. The normalized spacial score (nSPS) is 18.6. The molecular formula is C46H54N8O7. The highest BCUT2D eigenvalue weighted by Crippen LogP contribution is 2.34. The lowest BCUT2D eigenvalue weighted by Gasteiger charge is -2.36. The number of imide groups is 2. The summed E-state index contributed by atoms with van der Waals surface area (Å²) >= 11 is 0. The largest absolute Gasteiger partial charge is 0.493 e.